The fraction of sp³-hybridized carbons (Fsp3) is 0.333. The van der Waals surface area contributed by atoms with E-state index >= 15 is 0 Å². The van der Waals surface area contributed by atoms with E-state index in [1.165, 1.54) is 21.9 Å². The highest BCUT2D eigenvalue weighted by molar-refractivity contribution is 5.86. The maximum absolute atomic E-state index is 14.4. The maximum atomic E-state index is 14.4. The molecule has 1 atom stereocenters. The number of hydrogen-bond donors (Lipinski definition) is 3. The van der Waals surface area contributed by atoms with Gasteiger partial charge in [-0.2, -0.15) is 13.2 Å². The minimum Gasteiger partial charge on any atom is -0.382 e. The highest BCUT2D eigenvalue weighted by atomic mass is 19.4. The monoisotopic (exact) mass is 438 g/mol. The van der Waals surface area contributed by atoms with Crippen LogP contribution in [0.4, 0.5) is 29.1 Å². The molecule has 2 aromatic heterocycles. The molecule has 4 rings (SSSR count). The number of fused-ring (bicyclic) bond motifs is 1. The smallest absolute Gasteiger partial charge is 0.382 e. The van der Waals surface area contributed by atoms with Gasteiger partial charge in [0.2, 0.25) is 5.91 Å². The Kier molecular flexibility index (Phi) is 4.72. The van der Waals surface area contributed by atoms with Crippen molar-refractivity contribution in [3.63, 3.8) is 0 Å². The molecule has 1 aromatic carbocycles. The van der Waals surface area contributed by atoms with Crippen LogP contribution in [0.5, 0.6) is 0 Å². The van der Waals surface area contributed by atoms with E-state index < -0.39 is 35.5 Å². The normalized spacial score (nSPS) is 19.3. The van der Waals surface area contributed by atoms with Crippen molar-refractivity contribution in [1.82, 2.24) is 19.5 Å². The molecule has 1 aliphatic rings. The van der Waals surface area contributed by atoms with E-state index in [4.69, 9.17) is 17.2 Å². The van der Waals surface area contributed by atoms with Crippen LogP contribution in [0.1, 0.15) is 17.5 Å². The van der Waals surface area contributed by atoms with Crippen LogP contribution >= 0.6 is 0 Å². The number of carbonyl (C=O) groups excluding carboxylic acids is 1. The van der Waals surface area contributed by atoms with Crippen LogP contribution in [0.15, 0.2) is 24.8 Å². The van der Waals surface area contributed by atoms with Crippen LogP contribution < -0.4 is 22.1 Å². The van der Waals surface area contributed by atoms with Gasteiger partial charge in [-0.25, -0.2) is 19.3 Å². The Balaban J connectivity index is 1.86. The van der Waals surface area contributed by atoms with Gasteiger partial charge in [0.25, 0.3) is 0 Å². The van der Waals surface area contributed by atoms with Crippen molar-refractivity contribution in [3.05, 3.63) is 41.7 Å². The summed E-state index contributed by atoms with van der Waals surface area (Å²) in [7, 11) is 0. The first-order chi connectivity index (χ1) is 14.5. The number of halogens is 4. The lowest BCUT2D eigenvalue weighted by molar-refractivity contribution is -0.140. The third-order valence-electron chi connectivity index (χ3n) is 5.41. The van der Waals surface area contributed by atoms with E-state index in [0.717, 1.165) is 12.4 Å². The number of primary amides is 1. The second kappa shape index (κ2) is 7.04. The SMILES string of the molecule is NC(=O)C1(N)CCN(c2ccc(F)c(C(F)(F)F)c2Cn2cnc3c(N)ncnc32)C1. The van der Waals surface area contributed by atoms with Gasteiger partial charge in [-0.1, -0.05) is 0 Å². The molecule has 1 aliphatic heterocycles. The van der Waals surface area contributed by atoms with Crippen molar-refractivity contribution in [3.8, 4) is 0 Å². The molecule has 0 aliphatic carbocycles. The van der Waals surface area contributed by atoms with E-state index in [1.54, 1.807) is 0 Å². The fourth-order valence-electron chi connectivity index (χ4n) is 3.80. The van der Waals surface area contributed by atoms with Crippen LogP contribution in [-0.4, -0.2) is 44.1 Å². The van der Waals surface area contributed by atoms with Crippen molar-refractivity contribution in [1.29, 1.82) is 0 Å². The van der Waals surface area contributed by atoms with Gasteiger partial charge in [-0.3, -0.25) is 4.79 Å². The van der Waals surface area contributed by atoms with Crippen LogP contribution in [0, 0.1) is 5.82 Å². The van der Waals surface area contributed by atoms with Gasteiger partial charge < -0.3 is 26.7 Å². The summed E-state index contributed by atoms with van der Waals surface area (Å²) in [5.74, 6) is -2.12. The topological polar surface area (TPSA) is 142 Å². The molecule has 13 heteroatoms. The molecule has 0 saturated carbocycles. The second-order valence-electron chi connectivity index (χ2n) is 7.41. The maximum Gasteiger partial charge on any atom is 0.419 e. The van der Waals surface area contributed by atoms with Crippen LogP contribution in [-0.2, 0) is 17.5 Å². The molecule has 3 aromatic rings. The van der Waals surface area contributed by atoms with Gasteiger partial charge in [0.1, 0.15) is 23.2 Å². The standard InChI is InChI=1S/C18H18F4N8O/c19-10-1-2-11(29-4-3-17(25,6-29)16(24)31)9(12(10)18(20,21)22)5-30-8-28-13-14(23)26-7-27-15(13)30/h1-2,7-8H,3-6,25H2,(H2,24,31)(H2,23,26,27). The Morgan fingerprint density at radius 2 is 1.97 bits per heavy atom. The van der Waals surface area contributed by atoms with Gasteiger partial charge in [-0.05, 0) is 18.6 Å². The van der Waals surface area contributed by atoms with E-state index in [9.17, 15) is 22.4 Å². The number of rotatable bonds is 4. The fourth-order valence-corrected chi connectivity index (χ4v) is 3.80. The van der Waals surface area contributed by atoms with Crippen molar-refractivity contribution in [2.75, 3.05) is 23.7 Å². The van der Waals surface area contributed by atoms with E-state index in [2.05, 4.69) is 15.0 Å². The molecule has 1 fully saturated rings. The molecule has 0 bridgehead atoms. The van der Waals surface area contributed by atoms with E-state index in [-0.39, 0.29) is 47.7 Å². The largest absolute Gasteiger partial charge is 0.419 e. The molecule has 1 saturated heterocycles. The lowest BCUT2D eigenvalue weighted by Crippen LogP contribution is -2.53. The minimum atomic E-state index is -4.97. The number of nitrogens with two attached hydrogens (primary N) is 3. The summed E-state index contributed by atoms with van der Waals surface area (Å²) in [6.07, 6.45) is -2.41. The lowest BCUT2D eigenvalue weighted by atomic mass is 9.99. The molecule has 3 heterocycles. The minimum absolute atomic E-state index is 0.0631. The Morgan fingerprint density at radius 3 is 2.61 bits per heavy atom. The Bertz CT molecular complexity index is 1180. The van der Waals surface area contributed by atoms with Crippen molar-refractivity contribution in [2.24, 2.45) is 11.5 Å². The highest BCUT2D eigenvalue weighted by Gasteiger charge is 2.43. The summed E-state index contributed by atoms with van der Waals surface area (Å²) < 4.78 is 57.2. The number of anilines is 2. The number of amides is 1. The predicted molar refractivity (Wildman–Crippen MR) is 103 cm³/mol. The van der Waals surface area contributed by atoms with Gasteiger partial charge >= 0.3 is 6.18 Å². The number of aromatic nitrogens is 4. The number of nitrogens with zero attached hydrogens (tertiary/aromatic N) is 5. The zero-order valence-electron chi connectivity index (χ0n) is 16.0. The van der Waals surface area contributed by atoms with Crippen LogP contribution in [0.2, 0.25) is 0 Å². The molecule has 1 unspecified atom stereocenters. The van der Waals surface area contributed by atoms with Crippen LogP contribution in [0.3, 0.4) is 0 Å². The van der Waals surface area contributed by atoms with Gasteiger partial charge in [0, 0.05) is 24.3 Å². The first kappa shape index (κ1) is 20.8. The van der Waals surface area contributed by atoms with Gasteiger partial charge in [0.05, 0.1) is 18.4 Å². The zero-order chi connectivity index (χ0) is 22.6. The molecule has 9 nitrogen and oxygen atoms in total. The first-order valence-corrected chi connectivity index (χ1v) is 9.15. The Hall–Kier alpha value is -3.48. The van der Waals surface area contributed by atoms with Gasteiger partial charge in [0.15, 0.2) is 11.5 Å². The molecule has 6 N–H and O–H groups in total. The van der Waals surface area contributed by atoms with Crippen molar-refractivity contribution >= 4 is 28.6 Å². The Morgan fingerprint density at radius 1 is 1.23 bits per heavy atom. The Labute approximate surface area is 172 Å². The molecule has 1 amide bonds. The van der Waals surface area contributed by atoms with E-state index in [0.29, 0.717) is 0 Å². The average molecular weight is 438 g/mol. The molecule has 31 heavy (non-hydrogen) atoms. The summed E-state index contributed by atoms with van der Waals surface area (Å²) in [6, 6.07) is 1.98. The van der Waals surface area contributed by atoms with Crippen molar-refractivity contribution in [2.45, 2.75) is 24.7 Å². The van der Waals surface area contributed by atoms with Crippen molar-refractivity contribution < 1.29 is 22.4 Å². The summed E-state index contributed by atoms with van der Waals surface area (Å²) in [4.78, 5) is 25.1. The predicted octanol–water partition coefficient (Wildman–Crippen LogP) is 1.01. The quantitative estimate of drug-likeness (QED) is 0.516. The number of nitrogen functional groups attached to an aromatic ring is 1. The number of alkyl halides is 3. The van der Waals surface area contributed by atoms with E-state index in [1.807, 2.05) is 0 Å². The first-order valence-electron chi connectivity index (χ1n) is 9.15. The number of hydrogen-bond acceptors (Lipinski definition) is 7. The summed E-state index contributed by atoms with van der Waals surface area (Å²) in [6.45, 7) is -0.327. The number of carbonyl (C=O) groups is 1. The van der Waals surface area contributed by atoms with Gasteiger partial charge in [-0.15, -0.1) is 0 Å². The summed E-state index contributed by atoms with van der Waals surface area (Å²) >= 11 is 0. The summed E-state index contributed by atoms with van der Waals surface area (Å²) in [5, 5.41) is 0. The summed E-state index contributed by atoms with van der Waals surface area (Å²) in [5.41, 5.74) is 14.4. The number of imidazole rings is 1. The third-order valence-corrected chi connectivity index (χ3v) is 5.41. The molecular formula is C18H18F4N8O. The lowest BCUT2D eigenvalue weighted by Gasteiger charge is -2.27. The molecule has 0 radical (unpaired) electrons. The third kappa shape index (κ3) is 3.50. The molecular weight excluding hydrogens is 420 g/mol. The second-order valence-corrected chi connectivity index (χ2v) is 7.41. The number of benzene rings is 1. The zero-order valence-corrected chi connectivity index (χ0v) is 16.0. The average Bonchev–Trinajstić information content (AvgIpc) is 3.27. The molecule has 164 valence electrons. The van der Waals surface area contributed by atoms with Crippen LogP contribution in [0.25, 0.3) is 11.2 Å². The highest BCUT2D eigenvalue weighted by Crippen LogP contribution is 2.40. The molecule has 0 spiro atoms.